The van der Waals surface area contributed by atoms with Crippen LogP contribution in [0.5, 0.6) is 0 Å². The Morgan fingerprint density at radius 2 is 1.63 bits per heavy atom. The smallest absolute Gasteiger partial charge is 0.408 e. The number of hydrogen-bond donors (Lipinski definition) is 3. The summed E-state index contributed by atoms with van der Waals surface area (Å²) in [5, 5.41) is 15.6. The van der Waals surface area contributed by atoms with Crippen LogP contribution in [0.15, 0.2) is 78.9 Å². The van der Waals surface area contributed by atoms with Crippen LogP contribution in [0.25, 0.3) is 0 Å². The lowest BCUT2D eigenvalue weighted by atomic mass is 9.75. The highest BCUT2D eigenvalue weighted by molar-refractivity contribution is 6.22. The van der Waals surface area contributed by atoms with Crippen LogP contribution in [0.1, 0.15) is 107 Å². The second kappa shape index (κ2) is 17.5. The Morgan fingerprint density at radius 3 is 2.37 bits per heavy atom. The van der Waals surface area contributed by atoms with Crippen molar-refractivity contribution in [3.05, 3.63) is 101 Å². The molecule has 7 rings (SSSR count). The van der Waals surface area contributed by atoms with Crippen LogP contribution in [0.2, 0.25) is 0 Å². The molecule has 3 N–H and O–H groups in total. The minimum absolute atomic E-state index is 0.0324. The molecule has 304 valence electrons. The minimum atomic E-state index is -1.07. The highest BCUT2D eigenvalue weighted by atomic mass is 16.7. The van der Waals surface area contributed by atoms with Gasteiger partial charge in [0.1, 0.15) is 12.6 Å². The van der Waals surface area contributed by atoms with Gasteiger partial charge in [-0.15, -0.1) is 0 Å². The Morgan fingerprint density at radius 1 is 0.877 bits per heavy atom. The number of anilines is 1. The summed E-state index contributed by atoms with van der Waals surface area (Å²) in [7, 11) is 0. The number of hydrogen-bond acceptors (Lipinski definition) is 9. The van der Waals surface area contributed by atoms with Crippen LogP contribution in [-0.4, -0.2) is 70.1 Å². The molecule has 3 aromatic carbocycles. The highest BCUT2D eigenvalue weighted by Crippen LogP contribution is 2.45. The summed E-state index contributed by atoms with van der Waals surface area (Å²) < 4.78 is 19.0. The number of rotatable bonds is 10. The number of aliphatic hydroxyl groups is 1. The Labute approximate surface area is 335 Å². The monoisotopic (exact) mass is 780 g/mol. The molecule has 0 aromatic heterocycles. The van der Waals surface area contributed by atoms with Gasteiger partial charge in [0, 0.05) is 29.6 Å². The van der Waals surface area contributed by atoms with Crippen molar-refractivity contribution in [3.8, 4) is 0 Å². The zero-order valence-corrected chi connectivity index (χ0v) is 33.4. The number of likely N-dealkylation sites (tertiary alicyclic amines) is 1. The van der Waals surface area contributed by atoms with Crippen molar-refractivity contribution in [3.63, 3.8) is 0 Å². The molecule has 57 heavy (non-hydrogen) atoms. The quantitative estimate of drug-likeness (QED) is 0.197. The van der Waals surface area contributed by atoms with E-state index >= 15 is 0 Å². The van der Waals surface area contributed by atoms with Crippen molar-refractivity contribution >= 4 is 29.5 Å². The largest absolute Gasteiger partial charge is 0.445 e. The van der Waals surface area contributed by atoms with Gasteiger partial charge in [-0.3, -0.25) is 19.3 Å². The molecule has 1 aliphatic carbocycles. The lowest BCUT2D eigenvalue weighted by Crippen LogP contribution is -2.61. The normalized spacial score (nSPS) is 28.1. The molecule has 0 radical (unpaired) electrons. The number of imide groups is 1. The fourth-order valence-corrected chi connectivity index (χ4v) is 9.00. The van der Waals surface area contributed by atoms with Gasteiger partial charge in [0.2, 0.25) is 11.8 Å². The number of piperidine rings is 1. The van der Waals surface area contributed by atoms with Crippen LogP contribution in [0.4, 0.5) is 10.5 Å². The van der Waals surface area contributed by atoms with Crippen LogP contribution in [0.3, 0.4) is 0 Å². The number of nitrogens with zero attached hydrogens (tertiary/aromatic N) is 2. The molecule has 3 saturated heterocycles. The zero-order chi connectivity index (χ0) is 40.3. The lowest BCUT2D eigenvalue weighted by Gasteiger charge is -2.51. The number of amides is 4. The van der Waals surface area contributed by atoms with E-state index in [4.69, 9.17) is 14.2 Å². The maximum absolute atomic E-state index is 13.9. The molecular weight excluding hydrogens is 725 g/mol. The molecule has 3 aliphatic heterocycles. The molecule has 1 saturated carbocycles. The third-order valence-corrected chi connectivity index (χ3v) is 11.9. The third-order valence-electron chi connectivity index (χ3n) is 11.9. The van der Waals surface area contributed by atoms with E-state index in [1.807, 2.05) is 81.4 Å². The van der Waals surface area contributed by atoms with Gasteiger partial charge in [-0.05, 0) is 81.2 Å². The van der Waals surface area contributed by atoms with Crippen LogP contribution < -0.4 is 15.5 Å². The predicted molar refractivity (Wildman–Crippen MR) is 213 cm³/mol. The van der Waals surface area contributed by atoms with Gasteiger partial charge < -0.3 is 30.0 Å². The first-order valence-electron chi connectivity index (χ1n) is 20.4. The van der Waals surface area contributed by atoms with Gasteiger partial charge in [-0.25, -0.2) is 9.69 Å². The number of benzene rings is 3. The average Bonchev–Trinajstić information content (AvgIpc) is 3.48. The molecule has 1 unspecified atom stereocenters. The van der Waals surface area contributed by atoms with Gasteiger partial charge in [-0.2, -0.15) is 0 Å². The first kappa shape index (κ1) is 40.6. The zero-order valence-electron chi connectivity index (χ0n) is 33.4. The van der Waals surface area contributed by atoms with Crippen molar-refractivity contribution in [1.29, 1.82) is 0 Å². The summed E-state index contributed by atoms with van der Waals surface area (Å²) in [6, 6.07) is 22.9. The molecule has 3 aromatic rings. The summed E-state index contributed by atoms with van der Waals surface area (Å²) >= 11 is 0. The molecule has 4 aliphatic rings. The molecule has 3 heterocycles. The number of nitrogens with one attached hydrogen (secondary N) is 2. The summed E-state index contributed by atoms with van der Waals surface area (Å²) in [6.07, 6.45) is 3.77. The number of aliphatic hydroxyl groups excluding tert-OH is 1. The van der Waals surface area contributed by atoms with Crippen LogP contribution in [0, 0.1) is 11.8 Å². The minimum Gasteiger partial charge on any atom is -0.445 e. The van der Waals surface area contributed by atoms with E-state index in [1.165, 1.54) is 6.42 Å². The average molecular weight is 781 g/mol. The molecule has 12 heteroatoms. The Balaban J connectivity index is 1.13. The number of ether oxygens (including phenoxy) is 3. The van der Waals surface area contributed by atoms with Crippen LogP contribution >= 0.6 is 0 Å². The molecule has 0 bridgehead atoms. The standard InChI is InChI=1S/C45H56N4O8/c1-28-38(25-48-36-16-9-8-13-31(36)21-22-37(48)41(52)47-45(2,3)4)56-43(57-40(28)32-19-17-29(26-50)18-20-32)33-14-10-15-34(23-33)49-39(51)24-35(42(49)53)46-44(54)55-27-30-11-6-5-7-12-30/h5-7,10-12,14-15,17-20,23,28,31,35-38,40,43,50H,8-9,13,16,21-22,24-27H2,1-4H3,(H,46,54)(H,47,52)/t28-,31+,35?,36+,37+,38+,40+,43+/m0/s1. The molecule has 4 amide bonds. The van der Waals surface area contributed by atoms with Gasteiger partial charge in [0.25, 0.3) is 5.91 Å². The predicted octanol–water partition coefficient (Wildman–Crippen LogP) is 6.47. The fraction of sp³-hybridized carbons (Fsp3) is 0.511. The van der Waals surface area contributed by atoms with Crippen molar-refractivity contribution in [2.75, 3.05) is 11.4 Å². The van der Waals surface area contributed by atoms with E-state index in [0.29, 0.717) is 23.7 Å². The van der Waals surface area contributed by atoms with Gasteiger partial charge in [0.05, 0.1) is 37.0 Å². The maximum atomic E-state index is 13.9. The van der Waals surface area contributed by atoms with E-state index in [1.54, 1.807) is 18.2 Å². The third kappa shape index (κ3) is 9.41. The van der Waals surface area contributed by atoms with Crippen LogP contribution in [-0.2, 0) is 41.8 Å². The van der Waals surface area contributed by atoms with E-state index in [-0.39, 0.29) is 55.2 Å². The second-order valence-electron chi connectivity index (χ2n) is 17.1. The van der Waals surface area contributed by atoms with E-state index in [9.17, 15) is 24.3 Å². The van der Waals surface area contributed by atoms with Gasteiger partial charge in [-0.1, -0.05) is 86.5 Å². The Bertz CT molecular complexity index is 1900. The summed E-state index contributed by atoms with van der Waals surface area (Å²) in [6.45, 7) is 8.65. The number of alkyl carbamates (subject to hydrolysis) is 1. The lowest BCUT2D eigenvalue weighted by molar-refractivity contribution is -0.278. The molecular formula is C45H56N4O8. The fourth-order valence-electron chi connectivity index (χ4n) is 9.00. The Hall–Kier alpha value is -4.62. The SMILES string of the molecule is C[C@H]1[C@@H](CN2[C@@H](C(=O)NC(C)(C)C)CC[C@H]3CCCC[C@H]32)O[C@@H](c2cccc(N3C(=O)CC(NC(=O)OCc4ccccc4)C3=O)c2)O[C@H]1c1ccc(CO)cc1. The number of fused-ring (bicyclic) bond motifs is 1. The first-order valence-corrected chi connectivity index (χ1v) is 20.4. The Kier molecular flexibility index (Phi) is 12.4. The van der Waals surface area contributed by atoms with Crippen molar-refractivity contribution < 1.29 is 38.5 Å². The molecule has 8 atom stereocenters. The van der Waals surface area contributed by atoms with Gasteiger partial charge >= 0.3 is 6.09 Å². The summed E-state index contributed by atoms with van der Waals surface area (Å²) in [4.78, 5) is 57.0. The molecule has 0 spiro atoms. The first-order chi connectivity index (χ1) is 27.4. The summed E-state index contributed by atoms with van der Waals surface area (Å²) in [5.74, 6) is -0.546. The maximum Gasteiger partial charge on any atom is 0.408 e. The second-order valence-corrected chi connectivity index (χ2v) is 17.1. The number of carbonyl (C=O) groups excluding carboxylic acids is 4. The highest BCUT2D eigenvalue weighted by Gasteiger charge is 2.47. The van der Waals surface area contributed by atoms with E-state index in [0.717, 1.165) is 53.7 Å². The van der Waals surface area contributed by atoms with E-state index < -0.39 is 36.3 Å². The van der Waals surface area contributed by atoms with Crippen molar-refractivity contribution in [1.82, 2.24) is 15.5 Å². The van der Waals surface area contributed by atoms with Gasteiger partial charge in [0.15, 0.2) is 6.29 Å². The molecule has 12 nitrogen and oxygen atoms in total. The van der Waals surface area contributed by atoms with E-state index in [2.05, 4.69) is 22.5 Å². The molecule has 4 fully saturated rings. The summed E-state index contributed by atoms with van der Waals surface area (Å²) in [5.41, 5.74) is 3.13. The topological polar surface area (TPSA) is 147 Å². The van der Waals surface area contributed by atoms with Crippen molar-refractivity contribution in [2.24, 2.45) is 11.8 Å². The van der Waals surface area contributed by atoms with Crippen molar-refractivity contribution in [2.45, 2.75) is 128 Å². The number of carbonyl (C=O) groups is 4.